The van der Waals surface area contributed by atoms with Crippen LogP contribution < -0.4 is 14.8 Å². The summed E-state index contributed by atoms with van der Waals surface area (Å²) < 4.78 is 53.3. The van der Waals surface area contributed by atoms with Gasteiger partial charge in [0.1, 0.15) is 0 Å². The topological polar surface area (TPSA) is 121 Å². The molecule has 0 heterocycles. The number of hydrogen-bond donors (Lipinski definition) is 3. The van der Waals surface area contributed by atoms with Gasteiger partial charge in [0, 0.05) is 31.0 Å². The van der Waals surface area contributed by atoms with Crippen molar-refractivity contribution in [1.29, 1.82) is 0 Å². The lowest BCUT2D eigenvalue weighted by Crippen LogP contribution is -2.31. The van der Waals surface area contributed by atoms with Crippen LogP contribution in [0.1, 0.15) is 31.4 Å². The average Bonchev–Trinajstić information content (AvgIpc) is 2.71. The molecule has 2 aromatic carbocycles. The highest BCUT2D eigenvalue weighted by Gasteiger charge is 2.15. The van der Waals surface area contributed by atoms with Crippen molar-refractivity contribution in [1.82, 2.24) is 14.8 Å². The highest BCUT2D eigenvalue weighted by Crippen LogP contribution is 2.12. The van der Waals surface area contributed by atoms with E-state index in [1.165, 1.54) is 18.2 Å². The standard InChI is InChI=1S/C21H27N3O5S2/c1-17(2)24-31(28,29)20-10-6-9-19(15-20)16-22-21(25)11-13-23-30(26,27)14-12-18-7-4-3-5-8-18/h3-10,12,14-15,17,23-24H,11,13,16H2,1-2H3,(H,22,25)/b14-12+. The minimum Gasteiger partial charge on any atom is -0.352 e. The highest BCUT2D eigenvalue weighted by atomic mass is 32.2. The summed E-state index contributed by atoms with van der Waals surface area (Å²) in [5.41, 5.74) is 1.37. The Morgan fingerprint density at radius 3 is 2.39 bits per heavy atom. The Bertz CT molecular complexity index is 1110. The summed E-state index contributed by atoms with van der Waals surface area (Å²) in [4.78, 5) is 12.1. The van der Waals surface area contributed by atoms with Crippen LogP contribution in [0, 0.1) is 0 Å². The molecule has 0 bridgehead atoms. The van der Waals surface area contributed by atoms with Gasteiger partial charge in [-0.2, -0.15) is 0 Å². The highest BCUT2D eigenvalue weighted by molar-refractivity contribution is 7.92. The van der Waals surface area contributed by atoms with Gasteiger partial charge in [-0.15, -0.1) is 0 Å². The summed E-state index contributed by atoms with van der Waals surface area (Å²) in [6.07, 6.45) is 1.42. The fraction of sp³-hybridized carbons (Fsp3) is 0.286. The first-order valence-electron chi connectivity index (χ1n) is 9.68. The molecule has 0 radical (unpaired) electrons. The normalized spacial score (nSPS) is 12.4. The third-order valence-corrected chi connectivity index (χ3v) is 6.74. The third kappa shape index (κ3) is 9.01. The zero-order valence-corrected chi connectivity index (χ0v) is 19.0. The van der Waals surface area contributed by atoms with Crippen LogP contribution in [0.4, 0.5) is 0 Å². The predicted molar refractivity (Wildman–Crippen MR) is 121 cm³/mol. The summed E-state index contributed by atoms with van der Waals surface area (Å²) in [6, 6.07) is 15.0. The molecule has 0 saturated heterocycles. The van der Waals surface area contributed by atoms with Gasteiger partial charge in [-0.25, -0.2) is 26.3 Å². The minimum atomic E-state index is -3.66. The van der Waals surface area contributed by atoms with Crippen LogP contribution in [-0.2, 0) is 31.4 Å². The maximum Gasteiger partial charge on any atom is 0.240 e. The Kier molecular flexibility index (Phi) is 8.93. The van der Waals surface area contributed by atoms with E-state index in [0.717, 1.165) is 11.0 Å². The van der Waals surface area contributed by atoms with Crippen LogP contribution in [-0.4, -0.2) is 35.3 Å². The number of amides is 1. The Hall–Kier alpha value is -2.53. The van der Waals surface area contributed by atoms with Gasteiger partial charge in [0.2, 0.25) is 26.0 Å². The van der Waals surface area contributed by atoms with Crippen molar-refractivity contribution in [3.05, 3.63) is 71.1 Å². The van der Waals surface area contributed by atoms with E-state index >= 15 is 0 Å². The molecule has 0 atom stereocenters. The van der Waals surface area contributed by atoms with Crippen molar-refractivity contribution in [2.45, 2.75) is 37.8 Å². The van der Waals surface area contributed by atoms with Crippen molar-refractivity contribution >= 4 is 32.0 Å². The molecule has 0 fully saturated rings. The summed E-state index contributed by atoms with van der Waals surface area (Å²) in [5.74, 6) is -0.358. The molecule has 0 unspecified atom stereocenters. The quantitative estimate of drug-likeness (QED) is 0.468. The second kappa shape index (κ2) is 11.2. The van der Waals surface area contributed by atoms with Crippen LogP contribution in [0.5, 0.6) is 0 Å². The number of carbonyl (C=O) groups is 1. The molecule has 1 amide bonds. The van der Waals surface area contributed by atoms with E-state index in [2.05, 4.69) is 14.8 Å². The lowest BCUT2D eigenvalue weighted by atomic mass is 10.2. The van der Waals surface area contributed by atoms with E-state index in [1.54, 1.807) is 50.2 Å². The fourth-order valence-corrected chi connectivity index (χ4v) is 4.72. The van der Waals surface area contributed by atoms with E-state index in [9.17, 15) is 21.6 Å². The maximum absolute atomic E-state index is 12.2. The Morgan fingerprint density at radius 1 is 1.00 bits per heavy atom. The second-order valence-corrected chi connectivity index (χ2v) is 10.5. The van der Waals surface area contributed by atoms with Gasteiger partial charge in [-0.05, 0) is 43.2 Å². The lowest BCUT2D eigenvalue weighted by Gasteiger charge is -2.11. The maximum atomic E-state index is 12.2. The molecule has 2 rings (SSSR count). The van der Waals surface area contributed by atoms with E-state index in [4.69, 9.17) is 0 Å². The predicted octanol–water partition coefficient (Wildman–Crippen LogP) is 1.97. The van der Waals surface area contributed by atoms with Gasteiger partial charge < -0.3 is 5.32 Å². The van der Waals surface area contributed by atoms with E-state index in [-0.39, 0.29) is 36.4 Å². The van der Waals surface area contributed by atoms with Crippen LogP contribution in [0.25, 0.3) is 6.08 Å². The molecular weight excluding hydrogens is 438 g/mol. The van der Waals surface area contributed by atoms with Crippen molar-refractivity contribution in [3.63, 3.8) is 0 Å². The molecule has 0 aliphatic carbocycles. The number of sulfonamides is 2. The van der Waals surface area contributed by atoms with Crippen molar-refractivity contribution in [2.75, 3.05) is 6.54 Å². The number of hydrogen-bond acceptors (Lipinski definition) is 5. The number of carbonyl (C=O) groups excluding carboxylic acids is 1. The smallest absolute Gasteiger partial charge is 0.240 e. The number of benzene rings is 2. The lowest BCUT2D eigenvalue weighted by molar-refractivity contribution is -0.121. The number of rotatable bonds is 11. The van der Waals surface area contributed by atoms with Crippen LogP contribution >= 0.6 is 0 Å². The molecule has 0 aromatic heterocycles. The first-order chi connectivity index (χ1) is 14.6. The molecular formula is C21H27N3O5S2. The molecule has 0 spiro atoms. The summed E-state index contributed by atoms with van der Waals surface area (Å²) in [7, 11) is -7.28. The van der Waals surface area contributed by atoms with Crippen LogP contribution in [0.3, 0.4) is 0 Å². The molecule has 0 aliphatic heterocycles. The van der Waals surface area contributed by atoms with Crippen LogP contribution in [0.2, 0.25) is 0 Å². The van der Waals surface area contributed by atoms with Crippen molar-refractivity contribution in [2.24, 2.45) is 0 Å². The van der Waals surface area contributed by atoms with Crippen molar-refractivity contribution < 1.29 is 21.6 Å². The molecule has 8 nitrogen and oxygen atoms in total. The minimum absolute atomic E-state index is 0.0503. The van der Waals surface area contributed by atoms with E-state index < -0.39 is 20.0 Å². The zero-order valence-electron chi connectivity index (χ0n) is 17.4. The zero-order chi connectivity index (χ0) is 22.9. The largest absolute Gasteiger partial charge is 0.352 e. The molecule has 0 saturated carbocycles. The molecule has 10 heteroatoms. The summed E-state index contributed by atoms with van der Waals surface area (Å²) in [5, 5.41) is 3.71. The third-order valence-electron chi connectivity index (χ3n) is 3.98. The first-order valence-corrected chi connectivity index (χ1v) is 12.7. The summed E-state index contributed by atoms with van der Waals surface area (Å²) in [6.45, 7) is 3.53. The number of nitrogens with one attached hydrogen (secondary N) is 3. The average molecular weight is 466 g/mol. The van der Waals surface area contributed by atoms with Gasteiger partial charge in [0.15, 0.2) is 0 Å². The van der Waals surface area contributed by atoms with Crippen molar-refractivity contribution in [3.8, 4) is 0 Å². The SMILES string of the molecule is CC(C)NS(=O)(=O)c1cccc(CNC(=O)CCNS(=O)(=O)/C=C/c2ccccc2)c1. The van der Waals surface area contributed by atoms with E-state index in [1.807, 2.05) is 6.07 Å². The molecule has 3 N–H and O–H groups in total. The van der Waals surface area contributed by atoms with Gasteiger partial charge in [-0.1, -0.05) is 42.5 Å². The van der Waals surface area contributed by atoms with Gasteiger partial charge in [0.05, 0.1) is 4.90 Å². The van der Waals surface area contributed by atoms with Gasteiger partial charge in [-0.3, -0.25) is 4.79 Å². The molecule has 31 heavy (non-hydrogen) atoms. The monoisotopic (exact) mass is 465 g/mol. The fourth-order valence-electron chi connectivity index (χ4n) is 2.58. The van der Waals surface area contributed by atoms with Gasteiger partial charge in [0.25, 0.3) is 0 Å². The second-order valence-electron chi connectivity index (χ2n) is 7.10. The van der Waals surface area contributed by atoms with Crippen LogP contribution in [0.15, 0.2) is 64.9 Å². The molecule has 0 aliphatic rings. The molecule has 168 valence electrons. The Balaban J connectivity index is 1.82. The Labute approximate surface area is 183 Å². The van der Waals surface area contributed by atoms with Gasteiger partial charge >= 0.3 is 0 Å². The molecule has 2 aromatic rings. The van der Waals surface area contributed by atoms with E-state index in [0.29, 0.717) is 5.56 Å². The first kappa shape index (κ1) is 24.7. The summed E-state index contributed by atoms with van der Waals surface area (Å²) >= 11 is 0. The Morgan fingerprint density at radius 2 is 1.71 bits per heavy atom.